The van der Waals surface area contributed by atoms with E-state index in [0.29, 0.717) is 12.4 Å². The van der Waals surface area contributed by atoms with Crippen molar-refractivity contribution in [3.05, 3.63) is 5.82 Å². The summed E-state index contributed by atoms with van der Waals surface area (Å²) >= 11 is 0. The van der Waals surface area contributed by atoms with Crippen molar-refractivity contribution in [1.29, 1.82) is 0 Å². The van der Waals surface area contributed by atoms with Gasteiger partial charge in [-0.3, -0.25) is 0 Å². The Labute approximate surface area is 83.3 Å². The highest BCUT2D eigenvalue weighted by Gasteiger charge is 1.99. The van der Waals surface area contributed by atoms with E-state index in [1.54, 1.807) is 14.0 Å². The number of tetrazole rings is 1. The number of aromatic nitrogens is 4. The third kappa shape index (κ3) is 4.29. The highest BCUT2D eigenvalue weighted by Crippen LogP contribution is 1.93. The van der Waals surface area contributed by atoms with Crippen LogP contribution in [0.25, 0.3) is 0 Å². The Kier molecular flexibility index (Phi) is 4.48. The van der Waals surface area contributed by atoms with Crippen molar-refractivity contribution in [3.8, 4) is 0 Å². The van der Waals surface area contributed by atoms with Gasteiger partial charge in [-0.2, -0.15) is 4.80 Å². The van der Waals surface area contributed by atoms with E-state index in [1.165, 1.54) is 4.80 Å². The van der Waals surface area contributed by atoms with Crippen molar-refractivity contribution in [2.45, 2.75) is 32.4 Å². The highest BCUT2D eigenvalue weighted by molar-refractivity contribution is 4.74. The summed E-state index contributed by atoms with van der Waals surface area (Å²) in [5, 5.41) is 23.8. The van der Waals surface area contributed by atoms with E-state index >= 15 is 0 Å². The van der Waals surface area contributed by atoms with Crippen LogP contribution in [-0.4, -0.2) is 38.0 Å². The molecule has 0 saturated carbocycles. The summed E-state index contributed by atoms with van der Waals surface area (Å²) < 4.78 is 0. The number of hydrogen-bond donors (Lipinski definition) is 2. The minimum Gasteiger partial charge on any atom is -0.393 e. The van der Waals surface area contributed by atoms with E-state index in [1.807, 2.05) is 0 Å². The SMILES string of the molecule is CC(O)CCCNCc1nnn(C)n1. The van der Waals surface area contributed by atoms with Crippen LogP contribution >= 0.6 is 0 Å². The quantitative estimate of drug-likeness (QED) is 0.602. The number of hydrogen-bond acceptors (Lipinski definition) is 5. The first kappa shape index (κ1) is 11.1. The molecule has 0 spiro atoms. The fourth-order valence-electron chi connectivity index (χ4n) is 1.12. The van der Waals surface area contributed by atoms with Gasteiger partial charge in [0, 0.05) is 0 Å². The molecule has 80 valence electrons. The highest BCUT2D eigenvalue weighted by atomic mass is 16.3. The van der Waals surface area contributed by atoms with Gasteiger partial charge in [0.2, 0.25) is 0 Å². The molecule has 0 aliphatic rings. The van der Waals surface area contributed by atoms with Crippen LogP contribution in [0.4, 0.5) is 0 Å². The number of aliphatic hydroxyl groups excluding tert-OH is 1. The molecule has 1 heterocycles. The molecule has 0 fully saturated rings. The normalized spacial score (nSPS) is 13.1. The zero-order chi connectivity index (χ0) is 10.4. The molecule has 0 aliphatic carbocycles. The van der Waals surface area contributed by atoms with E-state index in [2.05, 4.69) is 20.7 Å². The first-order chi connectivity index (χ1) is 6.68. The first-order valence-electron chi connectivity index (χ1n) is 4.80. The molecule has 2 N–H and O–H groups in total. The molecule has 1 atom stereocenters. The molecule has 1 aromatic heterocycles. The number of nitrogens with one attached hydrogen (secondary N) is 1. The molecule has 1 unspecified atom stereocenters. The Morgan fingerprint density at radius 3 is 2.93 bits per heavy atom. The summed E-state index contributed by atoms with van der Waals surface area (Å²) in [5.41, 5.74) is 0. The van der Waals surface area contributed by atoms with Gasteiger partial charge in [0.25, 0.3) is 0 Å². The first-order valence-corrected chi connectivity index (χ1v) is 4.80. The van der Waals surface area contributed by atoms with Crippen molar-refractivity contribution in [1.82, 2.24) is 25.5 Å². The molecule has 0 amide bonds. The van der Waals surface area contributed by atoms with Crippen LogP contribution in [0.1, 0.15) is 25.6 Å². The largest absolute Gasteiger partial charge is 0.393 e. The van der Waals surface area contributed by atoms with Crippen molar-refractivity contribution in [2.75, 3.05) is 6.54 Å². The molecule has 0 saturated heterocycles. The van der Waals surface area contributed by atoms with E-state index in [4.69, 9.17) is 5.11 Å². The molecule has 6 heteroatoms. The average molecular weight is 199 g/mol. The van der Waals surface area contributed by atoms with Crippen LogP contribution in [0.15, 0.2) is 0 Å². The molecule has 1 aromatic rings. The maximum absolute atomic E-state index is 9.01. The van der Waals surface area contributed by atoms with Crippen LogP contribution in [0.2, 0.25) is 0 Å². The molecular formula is C8H17N5O. The molecular weight excluding hydrogens is 182 g/mol. The molecule has 0 aromatic carbocycles. The molecule has 0 bridgehead atoms. The van der Waals surface area contributed by atoms with Gasteiger partial charge in [0.05, 0.1) is 19.7 Å². The fraction of sp³-hybridized carbons (Fsp3) is 0.875. The van der Waals surface area contributed by atoms with Crippen LogP contribution in [0.3, 0.4) is 0 Å². The number of rotatable bonds is 6. The lowest BCUT2D eigenvalue weighted by molar-refractivity contribution is 0.181. The van der Waals surface area contributed by atoms with Gasteiger partial charge in [-0.15, -0.1) is 10.2 Å². The van der Waals surface area contributed by atoms with Crippen molar-refractivity contribution >= 4 is 0 Å². The minimum absolute atomic E-state index is 0.216. The van der Waals surface area contributed by atoms with Crippen molar-refractivity contribution < 1.29 is 5.11 Å². The van der Waals surface area contributed by atoms with Gasteiger partial charge in [0.15, 0.2) is 5.82 Å². The number of aryl methyl sites for hydroxylation is 1. The topological polar surface area (TPSA) is 75.9 Å². The van der Waals surface area contributed by atoms with Gasteiger partial charge >= 0.3 is 0 Å². The second-order valence-electron chi connectivity index (χ2n) is 3.36. The van der Waals surface area contributed by atoms with Crippen molar-refractivity contribution in [2.24, 2.45) is 7.05 Å². The average Bonchev–Trinajstić information content (AvgIpc) is 2.50. The Morgan fingerprint density at radius 1 is 1.57 bits per heavy atom. The van der Waals surface area contributed by atoms with Crippen LogP contribution in [0.5, 0.6) is 0 Å². The van der Waals surface area contributed by atoms with Crippen LogP contribution < -0.4 is 5.32 Å². The molecule has 0 aliphatic heterocycles. The van der Waals surface area contributed by atoms with Gasteiger partial charge in [-0.05, 0) is 31.5 Å². The maximum Gasteiger partial charge on any atom is 0.188 e. The predicted molar refractivity (Wildman–Crippen MR) is 51.4 cm³/mol. The molecule has 6 nitrogen and oxygen atoms in total. The van der Waals surface area contributed by atoms with Gasteiger partial charge in [0.1, 0.15) is 0 Å². The zero-order valence-corrected chi connectivity index (χ0v) is 8.64. The second-order valence-corrected chi connectivity index (χ2v) is 3.36. The van der Waals surface area contributed by atoms with Crippen molar-refractivity contribution in [3.63, 3.8) is 0 Å². The lowest BCUT2D eigenvalue weighted by atomic mass is 10.2. The third-order valence-electron chi connectivity index (χ3n) is 1.81. The smallest absolute Gasteiger partial charge is 0.188 e. The summed E-state index contributed by atoms with van der Waals surface area (Å²) in [7, 11) is 1.74. The standard InChI is InChI=1S/C8H17N5O/c1-7(14)4-3-5-9-6-8-10-12-13(2)11-8/h7,9,14H,3-6H2,1-2H3. The second kappa shape index (κ2) is 5.66. The lowest BCUT2D eigenvalue weighted by Crippen LogP contribution is -2.17. The Hall–Kier alpha value is -1.01. The zero-order valence-electron chi connectivity index (χ0n) is 8.64. The van der Waals surface area contributed by atoms with E-state index in [-0.39, 0.29) is 6.10 Å². The van der Waals surface area contributed by atoms with E-state index in [0.717, 1.165) is 19.4 Å². The minimum atomic E-state index is -0.216. The summed E-state index contributed by atoms with van der Waals surface area (Å²) in [5.74, 6) is 0.699. The summed E-state index contributed by atoms with van der Waals surface area (Å²) in [6, 6.07) is 0. The van der Waals surface area contributed by atoms with Gasteiger partial charge in [-0.1, -0.05) is 0 Å². The predicted octanol–water partition coefficient (Wildman–Crippen LogP) is -0.539. The summed E-state index contributed by atoms with van der Waals surface area (Å²) in [4.78, 5) is 1.44. The monoisotopic (exact) mass is 199 g/mol. The molecule has 14 heavy (non-hydrogen) atoms. The molecule has 1 rings (SSSR count). The fourth-order valence-corrected chi connectivity index (χ4v) is 1.12. The third-order valence-corrected chi connectivity index (χ3v) is 1.81. The molecule has 0 radical (unpaired) electrons. The number of nitrogens with zero attached hydrogens (tertiary/aromatic N) is 4. The van der Waals surface area contributed by atoms with E-state index in [9.17, 15) is 0 Å². The van der Waals surface area contributed by atoms with E-state index < -0.39 is 0 Å². The van der Waals surface area contributed by atoms with Crippen LogP contribution in [-0.2, 0) is 13.6 Å². The van der Waals surface area contributed by atoms with Crippen LogP contribution in [0, 0.1) is 0 Å². The van der Waals surface area contributed by atoms with Gasteiger partial charge < -0.3 is 10.4 Å². The number of aliphatic hydroxyl groups is 1. The Morgan fingerprint density at radius 2 is 2.36 bits per heavy atom. The maximum atomic E-state index is 9.01. The summed E-state index contributed by atoms with van der Waals surface area (Å²) in [6.45, 7) is 3.29. The lowest BCUT2D eigenvalue weighted by Gasteiger charge is -2.03. The summed E-state index contributed by atoms with van der Waals surface area (Å²) in [6.07, 6.45) is 1.56. The van der Waals surface area contributed by atoms with Gasteiger partial charge in [-0.25, -0.2) is 0 Å². The Bertz CT molecular complexity index is 260. The Balaban J connectivity index is 2.04.